The number of aliphatic hydroxyl groups is 1. The van der Waals surface area contributed by atoms with E-state index in [0.717, 1.165) is 6.26 Å². The molecule has 0 bridgehead atoms. The predicted molar refractivity (Wildman–Crippen MR) is 61.8 cm³/mol. The third-order valence-electron chi connectivity index (χ3n) is 2.93. The van der Waals surface area contributed by atoms with Crippen LogP contribution in [0, 0.1) is 0 Å². The normalized spacial score (nSPS) is 15.1. The molecule has 1 atom stereocenters. The first kappa shape index (κ1) is 13.2. The lowest BCUT2D eigenvalue weighted by atomic mass is 10.0. The minimum absolute atomic E-state index is 0.237. The van der Waals surface area contributed by atoms with Crippen LogP contribution in [-0.2, 0) is 23.3 Å². The van der Waals surface area contributed by atoms with Crippen molar-refractivity contribution in [3.63, 3.8) is 0 Å². The van der Waals surface area contributed by atoms with Crippen molar-refractivity contribution in [1.29, 1.82) is 0 Å². The fourth-order valence-corrected chi connectivity index (χ4v) is 1.84. The number of rotatable bonds is 4. The van der Waals surface area contributed by atoms with Crippen LogP contribution in [0.25, 0.3) is 0 Å². The number of aliphatic hydroxyl groups excluding tert-OH is 1. The molecule has 0 aliphatic heterocycles. The highest BCUT2D eigenvalue weighted by molar-refractivity contribution is 7.92. The summed E-state index contributed by atoms with van der Waals surface area (Å²) in [6, 6.07) is 1.77. The molecule has 1 heterocycles. The number of sulfone groups is 1. The Labute approximate surface area is 96.0 Å². The molecular weight excluding hydrogens is 228 g/mol. The van der Waals surface area contributed by atoms with E-state index in [2.05, 4.69) is 5.10 Å². The summed E-state index contributed by atoms with van der Waals surface area (Å²) in [7, 11) is -1.52. The van der Waals surface area contributed by atoms with Gasteiger partial charge in [-0.3, -0.25) is 4.68 Å². The van der Waals surface area contributed by atoms with E-state index < -0.39 is 20.7 Å². The van der Waals surface area contributed by atoms with Crippen LogP contribution in [0.4, 0.5) is 0 Å². The second-order valence-corrected chi connectivity index (χ2v) is 7.17. The summed E-state index contributed by atoms with van der Waals surface area (Å²) >= 11 is 0. The van der Waals surface area contributed by atoms with Crippen molar-refractivity contribution >= 4 is 9.84 Å². The van der Waals surface area contributed by atoms with E-state index in [0.29, 0.717) is 5.69 Å². The van der Waals surface area contributed by atoms with Crippen molar-refractivity contribution in [3.8, 4) is 0 Å². The van der Waals surface area contributed by atoms with Crippen LogP contribution in [0.5, 0.6) is 0 Å². The molecule has 1 aromatic rings. The van der Waals surface area contributed by atoms with E-state index in [4.69, 9.17) is 0 Å². The van der Waals surface area contributed by atoms with Gasteiger partial charge in [0.05, 0.1) is 16.5 Å². The van der Waals surface area contributed by atoms with Gasteiger partial charge >= 0.3 is 0 Å². The molecule has 6 heteroatoms. The number of nitrogens with zero attached hydrogens (tertiary/aromatic N) is 2. The number of aryl methyl sites for hydroxylation is 1. The zero-order chi connectivity index (χ0) is 12.6. The highest BCUT2D eigenvalue weighted by Gasteiger charge is 2.38. The predicted octanol–water partition coefficient (Wildman–Crippen LogP) is 0.147. The average molecular weight is 246 g/mol. The van der Waals surface area contributed by atoms with Crippen molar-refractivity contribution in [2.24, 2.45) is 7.05 Å². The van der Waals surface area contributed by atoms with Crippen molar-refractivity contribution in [2.45, 2.75) is 31.1 Å². The molecule has 1 unspecified atom stereocenters. The van der Waals surface area contributed by atoms with Gasteiger partial charge in [0.1, 0.15) is 0 Å². The summed E-state index contributed by atoms with van der Waals surface area (Å²) in [6.07, 6.45) is 2.17. The molecule has 0 aliphatic carbocycles. The maximum absolute atomic E-state index is 11.5. The quantitative estimate of drug-likeness (QED) is 0.820. The lowest BCUT2D eigenvalue weighted by Crippen LogP contribution is -2.44. The molecule has 0 amide bonds. The number of hydrogen-bond donors (Lipinski definition) is 1. The van der Waals surface area contributed by atoms with Crippen LogP contribution >= 0.6 is 0 Å². The van der Waals surface area contributed by atoms with Gasteiger partial charge in [0, 0.05) is 25.9 Å². The summed E-state index contributed by atoms with van der Waals surface area (Å²) in [4.78, 5) is 0. The van der Waals surface area contributed by atoms with E-state index in [1.165, 1.54) is 13.8 Å². The van der Waals surface area contributed by atoms with Crippen LogP contribution < -0.4 is 0 Å². The molecule has 0 spiro atoms. The molecule has 16 heavy (non-hydrogen) atoms. The maximum atomic E-state index is 11.5. The second kappa shape index (κ2) is 4.18. The van der Waals surface area contributed by atoms with Crippen molar-refractivity contribution in [1.82, 2.24) is 9.78 Å². The Morgan fingerprint density at radius 3 is 2.50 bits per heavy atom. The van der Waals surface area contributed by atoms with E-state index in [1.807, 2.05) is 0 Å². The first-order valence-electron chi connectivity index (χ1n) is 5.01. The minimum atomic E-state index is -3.30. The fraction of sp³-hybridized carbons (Fsp3) is 0.700. The average Bonchev–Trinajstić information content (AvgIpc) is 2.49. The zero-order valence-corrected chi connectivity index (χ0v) is 10.8. The number of hydrogen-bond acceptors (Lipinski definition) is 4. The van der Waals surface area contributed by atoms with Gasteiger partial charge in [-0.15, -0.1) is 0 Å². The molecule has 1 N–H and O–H groups in total. The topological polar surface area (TPSA) is 72.2 Å². The summed E-state index contributed by atoms with van der Waals surface area (Å²) in [5.74, 6) is 0. The van der Waals surface area contributed by atoms with Crippen LogP contribution in [0.2, 0.25) is 0 Å². The van der Waals surface area contributed by atoms with E-state index in [9.17, 15) is 13.5 Å². The second-order valence-electron chi connectivity index (χ2n) is 4.58. The van der Waals surface area contributed by atoms with Gasteiger partial charge < -0.3 is 5.11 Å². The van der Waals surface area contributed by atoms with Crippen LogP contribution in [-0.4, -0.2) is 40.4 Å². The van der Waals surface area contributed by atoms with Crippen molar-refractivity contribution in [2.75, 3.05) is 6.26 Å². The number of aromatic nitrogens is 2. The SMILES string of the molecule is Cn1ccc(CC(O)C(C)(C)S(C)(=O)=O)n1. The first-order chi connectivity index (χ1) is 7.14. The van der Waals surface area contributed by atoms with Gasteiger partial charge in [0.15, 0.2) is 9.84 Å². The molecule has 0 saturated heterocycles. The molecule has 5 nitrogen and oxygen atoms in total. The summed E-state index contributed by atoms with van der Waals surface area (Å²) < 4.78 is 23.5. The Morgan fingerprint density at radius 1 is 1.56 bits per heavy atom. The molecule has 1 aromatic heterocycles. The maximum Gasteiger partial charge on any atom is 0.155 e. The molecule has 0 aliphatic rings. The molecule has 0 radical (unpaired) electrons. The highest BCUT2D eigenvalue weighted by atomic mass is 32.2. The van der Waals surface area contributed by atoms with Crippen LogP contribution in [0.3, 0.4) is 0 Å². The molecule has 0 aromatic carbocycles. The van der Waals surface area contributed by atoms with Crippen molar-refractivity contribution in [3.05, 3.63) is 18.0 Å². The Balaban J connectivity index is 2.84. The lowest BCUT2D eigenvalue weighted by Gasteiger charge is -2.28. The third kappa shape index (κ3) is 2.62. The van der Waals surface area contributed by atoms with Crippen LogP contribution in [0.15, 0.2) is 12.3 Å². The summed E-state index contributed by atoms with van der Waals surface area (Å²) in [5.41, 5.74) is 0.687. The molecule has 92 valence electrons. The summed E-state index contributed by atoms with van der Waals surface area (Å²) in [6.45, 7) is 3.05. The largest absolute Gasteiger partial charge is 0.391 e. The van der Waals surface area contributed by atoms with Crippen molar-refractivity contribution < 1.29 is 13.5 Å². The zero-order valence-electron chi connectivity index (χ0n) is 10.0. The Bertz CT molecular complexity index is 462. The van der Waals surface area contributed by atoms with Gasteiger partial charge in [0.25, 0.3) is 0 Å². The van der Waals surface area contributed by atoms with Gasteiger partial charge in [-0.25, -0.2) is 8.42 Å². The van der Waals surface area contributed by atoms with Crippen LogP contribution in [0.1, 0.15) is 19.5 Å². The monoisotopic (exact) mass is 246 g/mol. The van der Waals surface area contributed by atoms with Gasteiger partial charge in [-0.1, -0.05) is 0 Å². The Hall–Kier alpha value is -0.880. The standard InChI is InChI=1S/C10H18N2O3S/c1-10(2,16(4,14)15)9(13)7-8-5-6-12(3)11-8/h5-6,9,13H,7H2,1-4H3. The minimum Gasteiger partial charge on any atom is -0.391 e. The molecule has 0 saturated carbocycles. The highest BCUT2D eigenvalue weighted by Crippen LogP contribution is 2.22. The van der Waals surface area contributed by atoms with E-state index in [1.54, 1.807) is 24.0 Å². The van der Waals surface area contributed by atoms with E-state index in [-0.39, 0.29) is 6.42 Å². The first-order valence-corrected chi connectivity index (χ1v) is 6.90. The van der Waals surface area contributed by atoms with E-state index >= 15 is 0 Å². The molecular formula is C10H18N2O3S. The van der Waals surface area contributed by atoms with Gasteiger partial charge in [-0.05, 0) is 19.9 Å². The summed E-state index contributed by atoms with van der Waals surface area (Å²) in [5, 5.41) is 14.1. The fourth-order valence-electron chi connectivity index (χ4n) is 1.26. The lowest BCUT2D eigenvalue weighted by molar-refractivity contribution is 0.136. The molecule has 1 rings (SSSR count). The molecule has 0 fully saturated rings. The van der Waals surface area contributed by atoms with Gasteiger partial charge in [-0.2, -0.15) is 5.10 Å². The smallest absolute Gasteiger partial charge is 0.155 e. The van der Waals surface area contributed by atoms with Gasteiger partial charge in [0.2, 0.25) is 0 Å². The Morgan fingerprint density at radius 2 is 2.12 bits per heavy atom. The third-order valence-corrected chi connectivity index (χ3v) is 5.11. The Kier molecular flexibility index (Phi) is 3.44.